The van der Waals surface area contributed by atoms with Crippen molar-refractivity contribution in [3.63, 3.8) is 0 Å². The van der Waals surface area contributed by atoms with Gasteiger partial charge in [-0.1, -0.05) is 37.6 Å². The van der Waals surface area contributed by atoms with Gasteiger partial charge >= 0.3 is 0 Å². The van der Waals surface area contributed by atoms with Gasteiger partial charge in [-0.2, -0.15) is 0 Å². The molecule has 2 aromatic rings. The van der Waals surface area contributed by atoms with Gasteiger partial charge in [0.05, 0.1) is 19.1 Å². The van der Waals surface area contributed by atoms with Crippen molar-refractivity contribution in [2.45, 2.75) is 58.0 Å². The molecule has 3 rings (SSSR count). The third kappa shape index (κ3) is 5.70. The maximum Gasteiger partial charge on any atom is 0.225 e. The van der Waals surface area contributed by atoms with Crippen LogP contribution in [0.25, 0.3) is 0 Å². The summed E-state index contributed by atoms with van der Waals surface area (Å²) in [7, 11) is 1.57. The first-order valence-corrected chi connectivity index (χ1v) is 11.5. The topological polar surface area (TPSA) is 58.6 Å². The van der Waals surface area contributed by atoms with Crippen molar-refractivity contribution >= 4 is 11.8 Å². The molecule has 0 radical (unpaired) electrons. The first kappa shape index (κ1) is 24.7. The monoisotopic (exact) mass is 458 g/mol. The van der Waals surface area contributed by atoms with Gasteiger partial charge in [-0.05, 0) is 44.4 Å². The van der Waals surface area contributed by atoms with E-state index < -0.39 is 29.6 Å². The lowest BCUT2D eigenvalue weighted by atomic mass is 9.82. The number of para-hydroxylation sites is 1. The van der Waals surface area contributed by atoms with Gasteiger partial charge in [0, 0.05) is 30.1 Å². The maximum atomic E-state index is 14.1. The van der Waals surface area contributed by atoms with Gasteiger partial charge < -0.3 is 15.0 Å². The van der Waals surface area contributed by atoms with E-state index in [1.54, 1.807) is 18.9 Å². The van der Waals surface area contributed by atoms with Crippen molar-refractivity contribution in [2.24, 2.45) is 5.92 Å². The Morgan fingerprint density at radius 1 is 1.18 bits per heavy atom. The Kier molecular flexibility index (Phi) is 8.42. The molecule has 5 nitrogen and oxygen atoms in total. The van der Waals surface area contributed by atoms with Crippen molar-refractivity contribution in [1.29, 1.82) is 0 Å². The van der Waals surface area contributed by atoms with E-state index in [1.165, 1.54) is 18.2 Å². The highest BCUT2D eigenvalue weighted by Crippen LogP contribution is 2.41. The van der Waals surface area contributed by atoms with Gasteiger partial charge in [0.1, 0.15) is 17.4 Å². The van der Waals surface area contributed by atoms with Gasteiger partial charge in [0.25, 0.3) is 0 Å². The largest absolute Gasteiger partial charge is 0.496 e. The molecule has 3 atom stereocenters. The normalized spacial score (nSPS) is 19.3. The minimum absolute atomic E-state index is 0.0184. The summed E-state index contributed by atoms with van der Waals surface area (Å²) in [6, 6.07) is 10.2. The van der Waals surface area contributed by atoms with Crippen molar-refractivity contribution in [3.8, 4) is 5.75 Å². The third-order valence-corrected chi connectivity index (χ3v) is 6.21. The number of carbonyl (C=O) groups is 2. The molecule has 0 spiro atoms. The number of hydrogen-bond acceptors (Lipinski definition) is 3. The average molecular weight is 459 g/mol. The molecule has 1 aliphatic heterocycles. The van der Waals surface area contributed by atoms with Crippen LogP contribution in [0.3, 0.4) is 0 Å². The van der Waals surface area contributed by atoms with Crippen LogP contribution in [0.1, 0.15) is 56.7 Å². The molecular weight excluding hydrogens is 426 g/mol. The van der Waals surface area contributed by atoms with Gasteiger partial charge in [-0.3, -0.25) is 9.59 Å². The minimum atomic E-state index is -0.628. The number of benzene rings is 2. The first-order chi connectivity index (χ1) is 15.9. The van der Waals surface area contributed by atoms with E-state index >= 15 is 0 Å². The lowest BCUT2D eigenvalue weighted by Crippen LogP contribution is -2.50. The second-order valence-electron chi connectivity index (χ2n) is 8.59. The standard InChI is InChI=1S/C26H32F2N2O3/c1-4-5-15-30-24(31)14-13-19(25(30)18-9-6-7-12-23(18)33-3)26(32)29-17(2)16-20-21(27)10-8-11-22(20)28/h6-12,17,19,25H,4-5,13-16H2,1-3H3,(H,29,32). The Labute approximate surface area is 194 Å². The number of methoxy groups -OCH3 is 1. The van der Waals surface area contributed by atoms with E-state index in [0.717, 1.165) is 18.4 Å². The van der Waals surface area contributed by atoms with Crippen LogP contribution in [0, 0.1) is 17.6 Å². The number of amides is 2. The van der Waals surface area contributed by atoms with E-state index in [2.05, 4.69) is 12.2 Å². The molecule has 1 aliphatic rings. The summed E-state index contributed by atoms with van der Waals surface area (Å²) in [6.07, 6.45) is 2.47. The second-order valence-corrected chi connectivity index (χ2v) is 8.59. The van der Waals surface area contributed by atoms with E-state index in [0.29, 0.717) is 18.7 Å². The number of hydrogen-bond donors (Lipinski definition) is 1. The Morgan fingerprint density at radius 2 is 1.88 bits per heavy atom. The number of ether oxygens (including phenoxy) is 1. The van der Waals surface area contributed by atoms with Crippen molar-refractivity contribution in [2.75, 3.05) is 13.7 Å². The summed E-state index contributed by atoms with van der Waals surface area (Å²) >= 11 is 0. The lowest BCUT2D eigenvalue weighted by Gasteiger charge is -2.41. The van der Waals surface area contributed by atoms with Crippen molar-refractivity contribution in [1.82, 2.24) is 10.2 Å². The summed E-state index contributed by atoms with van der Waals surface area (Å²) in [5.74, 6) is -1.34. The minimum Gasteiger partial charge on any atom is -0.496 e. The number of likely N-dealkylation sites (tertiary alicyclic amines) is 1. The maximum absolute atomic E-state index is 14.1. The molecule has 33 heavy (non-hydrogen) atoms. The molecule has 7 heteroatoms. The zero-order chi connectivity index (χ0) is 24.0. The van der Waals surface area contributed by atoms with Crippen molar-refractivity contribution < 1.29 is 23.1 Å². The quantitative estimate of drug-likeness (QED) is 0.587. The molecule has 2 aromatic carbocycles. The Bertz CT molecular complexity index is 962. The Morgan fingerprint density at radius 3 is 2.55 bits per heavy atom. The molecule has 1 fully saturated rings. The van der Waals surface area contributed by atoms with Crippen LogP contribution in [-0.4, -0.2) is 36.4 Å². The van der Waals surface area contributed by atoms with Gasteiger partial charge in [0.2, 0.25) is 11.8 Å². The highest BCUT2D eigenvalue weighted by Gasteiger charge is 2.41. The molecular formula is C26H32F2N2O3. The third-order valence-electron chi connectivity index (χ3n) is 6.21. The zero-order valence-corrected chi connectivity index (χ0v) is 19.4. The summed E-state index contributed by atoms with van der Waals surface area (Å²) in [5, 5.41) is 2.93. The molecule has 2 amide bonds. The zero-order valence-electron chi connectivity index (χ0n) is 19.4. The van der Waals surface area contributed by atoms with Crippen LogP contribution in [0.5, 0.6) is 5.75 Å². The fourth-order valence-electron chi connectivity index (χ4n) is 4.55. The molecule has 1 heterocycles. The summed E-state index contributed by atoms with van der Waals surface area (Å²) < 4.78 is 33.7. The number of piperidine rings is 1. The predicted octanol–water partition coefficient (Wildman–Crippen LogP) is 4.80. The predicted molar refractivity (Wildman–Crippen MR) is 123 cm³/mol. The summed E-state index contributed by atoms with van der Waals surface area (Å²) in [5.41, 5.74) is 0.743. The molecule has 0 bridgehead atoms. The van der Waals surface area contributed by atoms with E-state index in [1.807, 2.05) is 24.3 Å². The van der Waals surface area contributed by atoms with Crippen LogP contribution in [0.2, 0.25) is 0 Å². The second kappa shape index (κ2) is 11.3. The number of nitrogens with zero attached hydrogens (tertiary/aromatic N) is 1. The number of nitrogens with one attached hydrogen (secondary N) is 1. The highest BCUT2D eigenvalue weighted by molar-refractivity contribution is 5.85. The number of unbranched alkanes of at least 4 members (excludes halogenated alkanes) is 1. The Hall–Kier alpha value is -2.96. The molecule has 0 aliphatic carbocycles. The molecule has 178 valence electrons. The first-order valence-electron chi connectivity index (χ1n) is 11.5. The molecule has 0 aromatic heterocycles. The van der Waals surface area contributed by atoms with Crippen LogP contribution in [0.15, 0.2) is 42.5 Å². The summed E-state index contributed by atoms with van der Waals surface area (Å²) in [4.78, 5) is 28.0. The molecule has 1 N–H and O–H groups in total. The fourth-order valence-corrected chi connectivity index (χ4v) is 4.55. The van der Waals surface area contributed by atoms with Gasteiger partial charge in [0.15, 0.2) is 0 Å². The SMILES string of the molecule is CCCCN1C(=O)CCC(C(=O)NC(C)Cc2c(F)cccc2F)C1c1ccccc1OC. The lowest BCUT2D eigenvalue weighted by molar-refractivity contribution is -0.143. The van der Waals surface area contributed by atoms with Gasteiger partial charge in [-0.25, -0.2) is 8.78 Å². The smallest absolute Gasteiger partial charge is 0.225 e. The molecule has 0 saturated carbocycles. The number of rotatable bonds is 9. The van der Waals surface area contributed by atoms with Crippen LogP contribution in [0.4, 0.5) is 8.78 Å². The fraction of sp³-hybridized carbons (Fsp3) is 0.462. The Balaban J connectivity index is 1.86. The van der Waals surface area contributed by atoms with Crippen LogP contribution >= 0.6 is 0 Å². The van der Waals surface area contributed by atoms with E-state index in [-0.39, 0.29) is 30.2 Å². The van der Waals surface area contributed by atoms with E-state index in [9.17, 15) is 18.4 Å². The average Bonchev–Trinajstić information content (AvgIpc) is 2.80. The van der Waals surface area contributed by atoms with Crippen LogP contribution in [-0.2, 0) is 16.0 Å². The summed E-state index contributed by atoms with van der Waals surface area (Å²) in [6.45, 7) is 4.34. The van der Waals surface area contributed by atoms with E-state index in [4.69, 9.17) is 4.74 Å². The molecule has 3 unspecified atom stereocenters. The van der Waals surface area contributed by atoms with Gasteiger partial charge in [-0.15, -0.1) is 0 Å². The van der Waals surface area contributed by atoms with Crippen molar-refractivity contribution in [3.05, 3.63) is 65.2 Å². The number of carbonyl (C=O) groups excluding carboxylic acids is 2. The highest BCUT2D eigenvalue weighted by atomic mass is 19.1. The number of halogens is 2. The van der Waals surface area contributed by atoms with Crippen LogP contribution < -0.4 is 10.1 Å². The molecule has 1 saturated heterocycles.